The van der Waals surface area contributed by atoms with Gasteiger partial charge in [-0.3, -0.25) is 29.9 Å². The molecule has 1 aliphatic rings. The normalized spacial score (nSPS) is 14.8. The van der Waals surface area contributed by atoms with Crippen molar-refractivity contribution in [1.82, 2.24) is 5.32 Å². The first-order valence-corrected chi connectivity index (χ1v) is 10.4. The summed E-state index contributed by atoms with van der Waals surface area (Å²) >= 11 is 11.0. The predicted molar refractivity (Wildman–Crippen MR) is 127 cm³/mol. The van der Waals surface area contributed by atoms with Crippen LogP contribution in [0.3, 0.4) is 0 Å². The van der Waals surface area contributed by atoms with Crippen molar-refractivity contribution in [2.45, 2.75) is 0 Å². The van der Waals surface area contributed by atoms with Crippen LogP contribution >= 0.6 is 23.8 Å². The molecular formula is C23H13ClFN3O5S. The predicted octanol–water partition coefficient (Wildman–Crippen LogP) is 5.01. The van der Waals surface area contributed by atoms with E-state index in [1.54, 1.807) is 24.3 Å². The average molecular weight is 498 g/mol. The number of nitro groups is 1. The van der Waals surface area contributed by atoms with Gasteiger partial charge in [-0.05, 0) is 78.5 Å². The highest BCUT2D eigenvalue weighted by Crippen LogP contribution is 2.33. The molecule has 1 fully saturated rings. The minimum atomic E-state index is -0.741. The van der Waals surface area contributed by atoms with E-state index in [0.717, 1.165) is 23.1 Å². The third-order valence-electron chi connectivity index (χ3n) is 4.72. The zero-order valence-corrected chi connectivity index (χ0v) is 18.6. The molecule has 0 radical (unpaired) electrons. The number of carbonyl (C=O) groups is 2. The summed E-state index contributed by atoms with van der Waals surface area (Å²) in [6.45, 7) is 0. The quantitative estimate of drug-likeness (QED) is 0.175. The molecular weight excluding hydrogens is 485 g/mol. The van der Waals surface area contributed by atoms with E-state index in [0.29, 0.717) is 10.7 Å². The van der Waals surface area contributed by atoms with Crippen molar-refractivity contribution in [3.63, 3.8) is 0 Å². The van der Waals surface area contributed by atoms with Gasteiger partial charge in [0.15, 0.2) is 5.11 Å². The first kappa shape index (κ1) is 23.0. The molecule has 0 unspecified atom stereocenters. The average Bonchev–Trinajstić information content (AvgIpc) is 2.80. The van der Waals surface area contributed by atoms with Gasteiger partial charge in [-0.25, -0.2) is 4.39 Å². The van der Waals surface area contributed by atoms with E-state index in [1.165, 1.54) is 30.3 Å². The molecule has 3 aromatic rings. The van der Waals surface area contributed by atoms with Crippen molar-refractivity contribution >= 4 is 58.2 Å². The fourth-order valence-electron chi connectivity index (χ4n) is 3.13. The summed E-state index contributed by atoms with van der Waals surface area (Å²) in [5.74, 6) is -1.82. The van der Waals surface area contributed by atoms with Gasteiger partial charge in [-0.1, -0.05) is 17.7 Å². The second-order valence-electron chi connectivity index (χ2n) is 6.97. The maximum Gasteiger partial charge on any atom is 0.312 e. The van der Waals surface area contributed by atoms with Crippen LogP contribution in [-0.2, 0) is 9.59 Å². The van der Waals surface area contributed by atoms with Gasteiger partial charge in [0.2, 0.25) is 5.75 Å². The number of hydrogen-bond acceptors (Lipinski definition) is 6. The van der Waals surface area contributed by atoms with Crippen LogP contribution in [0.15, 0.2) is 72.3 Å². The van der Waals surface area contributed by atoms with Crippen LogP contribution in [0.25, 0.3) is 6.08 Å². The number of amides is 2. The van der Waals surface area contributed by atoms with Crippen molar-refractivity contribution in [3.05, 3.63) is 98.8 Å². The van der Waals surface area contributed by atoms with E-state index in [9.17, 15) is 24.1 Å². The summed E-state index contributed by atoms with van der Waals surface area (Å²) < 4.78 is 18.6. The van der Waals surface area contributed by atoms with Crippen molar-refractivity contribution in [2.24, 2.45) is 0 Å². The molecule has 0 atom stereocenters. The largest absolute Gasteiger partial charge is 0.450 e. The van der Waals surface area contributed by atoms with Crippen LogP contribution < -0.4 is 15.0 Å². The molecule has 1 heterocycles. The first-order chi connectivity index (χ1) is 16.2. The topological polar surface area (TPSA) is 102 Å². The van der Waals surface area contributed by atoms with E-state index in [1.807, 2.05) is 0 Å². The molecule has 2 amide bonds. The highest BCUT2D eigenvalue weighted by atomic mass is 35.5. The molecule has 1 N–H and O–H groups in total. The molecule has 1 saturated heterocycles. The number of hydrogen-bond donors (Lipinski definition) is 1. The van der Waals surface area contributed by atoms with Crippen LogP contribution in [0.5, 0.6) is 11.5 Å². The third kappa shape index (κ3) is 4.77. The van der Waals surface area contributed by atoms with E-state index < -0.39 is 28.2 Å². The van der Waals surface area contributed by atoms with Gasteiger partial charge in [-0.15, -0.1) is 0 Å². The number of ether oxygens (including phenoxy) is 1. The van der Waals surface area contributed by atoms with Gasteiger partial charge < -0.3 is 4.74 Å². The first-order valence-electron chi connectivity index (χ1n) is 9.62. The number of halogens is 2. The summed E-state index contributed by atoms with van der Waals surface area (Å²) in [5, 5.41) is 14.4. The Hall–Kier alpha value is -4.15. The molecule has 0 spiro atoms. The van der Waals surface area contributed by atoms with E-state index >= 15 is 0 Å². The van der Waals surface area contributed by atoms with Crippen LogP contribution in [-0.4, -0.2) is 21.9 Å². The zero-order valence-electron chi connectivity index (χ0n) is 17.0. The lowest BCUT2D eigenvalue weighted by molar-refractivity contribution is -0.385. The number of nitro benzene ring substituents is 1. The molecule has 1 aliphatic heterocycles. The smallest absolute Gasteiger partial charge is 0.312 e. The molecule has 34 heavy (non-hydrogen) atoms. The molecule has 0 bridgehead atoms. The molecule has 0 aliphatic carbocycles. The maximum absolute atomic E-state index is 13.1. The molecule has 0 saturated carbocycles. The number of rotatable bonds is 5. The van der Waals surface area contributed by atoms with Gasteiger partial charge in [-0.2, -0.15) is 0 Å². The number of anilines is 1. The van der Waals surface area contributed by atoms with Crippen molar-refractivity contribution < 1.29 is 23.6 Å². The molecule has 0 aromatic heterocycles. The van der Waals surface area contributed by atoms with Crippen LogP contribution in [0, 0.1) is 15.9 Å². The Labute approximate surface area is 202 Å². The minimum Gasteiger partial charge on any atom is -0.450 e. The maximum atomic E-state index is 13.1. The summed E-state index contributed by atoms with van der Waals surface area (Å²) in [5.41, 5.74) is -0.0858. The fraction of sp³-hybridized carbons (Fsp3) is 0. The van der Waals surface area contributed by atoms with Gasteiger partial charge in [0, 0.05) is 11.1 Å². The van der Waals surface area contributed by atoms with Crippen LogP contribution in [0.4, 0.5) is 15.8 Å². The Bertz CT molecular complexity index is 1360. The summed E-state index contributed by atoms with van der Waals surface area (Å²) in [7, 11) is 0. The highest BCUT2D eigenvalue weighted by Gasteiger charge is 2.34. The van der Waals surface area contributed by atoms with E-state index in [2.05, 4.69) is 5.32 Å². The van der Waals surface area contributed by atoms with Gasteiger partial charge >= 0.3 is 5.69 Å². The van der Waals surface area contributed by atoms with Gasteiger partial charge in [0.25, 0.3) is 11.8 Å². The van der Waals surface area contributed by atoms with E-state index in [4.69, 9.17) is 28.6 Å². The number of carbonyl (C=O) groups excluding carboxylic acids is 2. The van der Waals surface area contributed by atoms with Crippen LogP contribution in [0.1, 0.15) is 5.56 Å². The highest BCUT2D eigenvalue weighted by molar-refractivity contribution is 7.80. The standard InChI is InChI=1S/C23H13ClFN3O5S/c24-14-2-6-16(7-3-14)27-22(30)18(21(29)26-23(27)34)11-13-1-10-20(19(12-13)28(31)32)33-17-8-4-15(25)5-9-17/h1-12H,(H,26,29,34)/b18-11+. The fourth-order valence-corrected chi connectivity index (χ4v) is 3.54. The SMILES string of the molecule is O=C1NC(=S)N(c2ccc(Cl)cc2)C(=O)/C1=C/c1ccc(Oc2ccc(F)cc2)c([N+](=O)[O-])c1. The number of nitrogens with one attached hydrogen (secondary N) is 1. The number of thiocarbonyl (C=S) groups is 1. The Morgan fingerprint density at radius 2 is 1.74 bits per heavy atom. The summed E-state index contributed by atoms with van der Waals surface area (Å²) in [6.07, 6.45) is 1.22. The lowest BCUT2D eigenvalue weighted by Gasteiger charge is -2.28. The lowest BCUT2D eigenvalue weighted by atomic mass is 10.1. The molecule has 11 heteroatoms. The lowest BCUT2D eigenvalue weighted by Crippen LogP contribution is -2.54. The Kier molecular flexibility index (Phi) is 6.35. The monoisotopic (exact) mass is 497 g/mol. The molecule has 3 aromatic carbocycles. The second kappa shape index (κ2) is 9.38. The van der Waals surface area contributed by atoms with Crippen molar-refractivity contribution in [2.75, 3.05) is 4.90 Å². The minimum absolute atomic E-state index is 0.0952. The zero-order chi connectivity index (χ0) is 24.4. The Morgan fingerprint density at radius 1 is 1.06 bits per heavy atom. The summed E-state index contributed by atoms with van der Waals surface area (Å²) in [6, 6.07) is 15.1. The van der Waals surface area contributed by atoms with Crippen molar-refractivity contribution in [3.8, 4) is 11.5 Å². The van der Waals surface area contributed by atoms with Crippen LogP contribution in [0.2, 0.25) is 5.02 Å². The molecule has 4 rings (SSSR count). The third-order valence-corrected chi connectivity index (χ3v) is 5.26. The second-order valence-corrected chi connectivity index (χ2v) is 7.80. The Balaban J connectivity index is 1.68. The van der Waals surface area contributed by atoms with Gasteiger partial charge in [0.05, 0.1) is 10.6 Å². The van der Waals surface area contributed by atoms with E-state index in [-0.39, 0.29) is 27.7 Å². The summed E-state index contributed by atoms with van der Waals surface area (Å²) in [4.78, 5) is 37.6. The number of nitrogens with zero attached hydrogens (tertiary/aromatic N) is 2. The molecule has 170 valence electrons. The Morgan fingerprint density at radius 3 is 2.38 bits per heavy atom. The molecule has 8 nitrogen and oxygen atoms in total. The van der Waals surface area contributed by atoms with Crippen molar-refractivity contribution in [1.29, 1.82) is 0 Å². The number of benzene rings is 3. The van der Waals surface area contributed by atoms with Gasteiger partial charge in [0.1, 0.15) is 17.1 Å².